The van der Waals surface area contributed by atoms with Gasteiger partial charge < -0.3 is 10.0 Å². The number of aliphatic hydroxyl groups is 1. The summed E-state index contributed by atoms with van der Waals surface area (Å²) in [6.45, 7) is 4.24. The lowest BCUT2D eigenvalue weighted by Crippen LogP contribution is -2.30. The number of β-amino-alcohol motifs (C(OH)–C–C–N with tert-alkyl or cyclic N) is 1. The number of aromatic nitrogens is 4. The zero-order valence-electron chi connectivity index (χ0n) is 11.5. The number of aryl methyl sites for hydroxylation is 1. The third-order valence-corrected chi connectivity index (χ3v) is 3.45. The minimum atomic E-state index is -4.62. The Morgan fingerprint density at radius 1 is 1.33 bits per heavy atom. The van der Waals surface area contributed by atoms with Crippen molar-refractivity contribution < 1.29 is 18.3 Å². The first kappa shape index (κ1) is 14.1. The van der Waals surface area contributed by atoms with Crippen molar-refractivity contribution in [2.24, 2.45) is 0 Å². The molecule has 3 heterocycles. The topological polar surface area (TPSA) is 66.5 Å². The fraction of sp³-hybridized carbons (Fsp3) is 0.583. The number of nitrogens with zero attached hydrogens (tertiary/aromatic N) is 5. The van der Waals surface area contributed by atoms with Gasteiger partial charge in [0.25, 0.3) is 11.6 Å². The van der Waals surface area contributed by atoms with E-state index in [2.05, 4.69) is 15.1 Å². The Bertz CT molecular complexity index is 694. The maximum atomic E-state index is 12.7. The van der Waals surface area contributed by atoms with E-state index in [0.29, 0.717) is 31.0 Å². The van der Waals surface area contributed by atoms with E-state index < -0.39 is 17.6 Å². The highest BCUT2D eigenvalue weighted by Gasteiger charge is 2.38. The molecule has 0 amide bonds. The molecular weight excluding hydrogens is 287 g/mol. The Balaban J connectivity index is 2.12. The standard InChI is InChI=1S/C12H14F3N5O/c1-7-5-8(19-4-3-11(2,21)6-19)20-10(16-7)17-9(18-20)12(13,14)15/h5,21H,3-4,6H2,1-2H3. The second-order valence-electron chi connectivity index (χ2n) is 5.57. The third kappa shape index (κ3) is 2.53. The highest BCUT2D eigenvalue weighted by Crippen LogP contribution is 2.30. The molecule has 1 fully saturated rings. The molecule has 0 aliphatic carbocycles. The quantitative estimate of drug-likeness (QED) is 0.862. The lowest BCUT2D eigenvalue weighted by molar-refractivity contribution is -0.144. The molecular formula is C12H14F3N5O. The molecule has 2 aromatic heterocycles. The van der Waals surface area contributed by atoms with Crippen LogP contribution in [0.4, 0.5) is 19.0 Å². The first-order valence-corrected chi connectivity index (χ1v) is 6.45. The Morgan fingerprint density at radius 3 is 2.62 bits per heavy atom. The summed E-state index contributed by atoms with van der Waals surface area (Å²) in [5.74, 6) is -0.852. The van der Waals surface area contributed by atoms with Crippen LogP contribution in [0.1, 0.15) is 24.9 Å². The Hall–Kier alpha value is -1.90. The van der Waals surface area contributed by atoms with Gasteiger partial charge in [-0.3, -0.25) is 0 Å². The van der Waals surface area contributed by atoms with Crippen LogP contribution in [0.3, 0.4) is 0 Å². The summed E-state index contributed by atoms with van der Waals surface area (Å²) in [5, 5.41) is 13.5. The van der Waals surface area contributed by atoms with E-state index in [1.807, 2.05) is 0 Å². The second-order valence-corrected chi connectivity index (χ2v) is 5.57. The summed E-state index contributed by atoms with van der Waals surface area (Å²) < 4.78 is 39.3. The summed E-state index contributed by atoms with van der Waals surface area (Å²) in [5.41, 5.74) is -0.318. The number of hydrogen-bond acceptors (Lipinski definition) is 5. The van der Waals surface area contributed by atoms with Crippen molar-refractivity contribution in [3.05, 3.63) is 17.6 Å². The van der Waals surface area contributed by atoms with Crippen LogP contribution in [0.2, 0.25) is 0 Å². The number of alkyl halides is 3. The molecule has 1 saturated heterocycles. The summed E-state index contributed by atoms with van der Waals surface area (Å²) in [7, 11) is 0. The largest absolute Gasteiger partial charge is 0.453 e. The van der Waals surface area contributed by atoms with E-state index in [-0.39, 0.29) is 5.78 Å². The smallest absolute Gasteiger partial charge is 0.388 e. The van der Waals surface area contributed by atoms with E-state index in [1.165, 1.54) is 0 Å². The molecule has 3 rings (SSSR count). The summed E-state index contributed by atoms with van der Waals surface area (Å²) >= 11 is 0. The molecule has 1 atom stereocenters. The Kier molecular flexibility index (Phi) is 2.88. The molecule has 6 nitrogen and oxygen atoms in total. The van der Waals surface area contributed by atoms with Gasteiger partial charge in [-0.1, -0.05) is 0 Å². The van der Waals surface area contributed by atoms with Crippen LogP contribution in [0.25, 0.3) is 5.78 Å². The average molecular weight is 301 g/mol. The second kappa shape index (κ2) is 4.30. The van der Waals surface area contributed by atoms with Crippen LogP contribution in [0.5, 0.6) is 0 Å². The molecule has 1 aliphatic rings. The van der Waals surface area contributed by atoms with E-state index in [1.54, 1.807) is 24.8 Å². The van der Waals surface area contributed by atoms with Gasteiger partial charge in [0.05, 0.1) is 5.60 Å². The van der Waals surface area contributed by atoms with Gasteiger partial charge in [0.15, 0.2) is 0 Å². The van der Waals surface area contributed by atoms with Gasteiger partial charge >= 0.3 is 6.18 Å². The van der Waals surface area contributed by atoms with Crippen molar-refractivity contribution in [2.75, 3.05) is 18.0 Å². The molecule has 1 aliphatic heterocycles. The third-order valence-electron chi connectivity index (χ3n) is 3.45. The first-order chi connectivity index (χ1) is 9.66. The maximum Gasteiger partial charge on any atom is 0.453 e. The summed E-state index contributed by atoms with van der Waals surface area (Å²) in [4.78, 5) is 9.21. The molecule has 0 spiro atoms. The molecule has 0 radical (unpaired) electrons. The highest BCUT2D eigenvalue weighted by molar-refractivity contribution is 5.49. The Labute approximate surface area is 118 Å². The van der Waals surface area contributed by atoms with Crippen LogP contribution in [0.15, 0.2) is 6.07 Å². The number of hydrogen-bond donors (Lipinski definition) is 1. The monoisotopic (exact) mass is 301 g/mol. The molecule has 0 saturated carbocycles. The van der Waals surface area contributed by atoms with Crippen molar-refractivity contribution in [1.29, 1.82) is 0 Å². The first-order valence-electron chi connectivity index (χ1n) is 6.45. The van der Waals surface area contributed by atoms with Gasteiger partial charge in [-0.05, 0) is 20.3 Å². The minimum absolute atomic E-state index is 0.0936. The van der Waals surface area contributed by atoms with Crippen LogP contribution in [0, 0.1) is 6.92 Å². The highest BCUT2D eigenvalue weighted by atomic mass is 19.4. The molecule has 1 N–H and O–H groups in total. The van der Waals surface area contributed by atoms with Gasteiger partial charge in [-0.25, -0.2) is 4.98 Å². The summed E-state index contributed by atoms with van der Waals surface area (Å²) in [6.07, 6.45) is -4.08. The maximum absolute atomic E-state index is 12.7. The molecule has 1 unspecified atom stereocenters. The van der Waals surface area contributed by atoms with Crippen molar-refractivity contribution in [3.8, 4) is 0 Å². The van der Waals surface area contributed by atoms with Gasteiger partial charge in [0.1, 0.15) is 5.82 Å². The number of anilines is 1. The Morgan fingerprint density at radius 2 is 2.05 bits per heavy atom. The van der Waals surface area contributed by atoms with Crippen molar-refractivity contribution >= 4 is 11.6 Å². The lowest BCUT2D eigenvalue weighted by atomic mass is 10.1. The fourth-order valence-corrected chi connectivity index (χ4v) is 2.45. The molecule has 2 aromatic rings. The van der Waals surface area contributed by atoms with Crippen molar-refractivity contribution in [1.82, 2.24) is 19.6 Å². The van der Waals surface area contributed by atoms with E-state index in [4.69, 9.17) is 0 Å². The molecule has 9 heteroatoms. The molecule has 114 valence electrons. The zero-order valence-corrected chi connectivity index (χ0v) is 11.5. The summed E-state index contributed by atoms with van der Waals surface area (Å²) in [6, 6.07) is 1.64. The number of fused-ring (bicyclic) bond motifs is 1. The van der Waals surface area contributed by atoms with E-state index >= 15 is 0 Å². The minimum Gasteiger partial charge on any atom is -0.388 e. The molecule has 21 heavy (non-hydrogen) atoms. The van der Waals surface area contributed by atoms with Crippen LogP contribution < -0.4 is 4.90 Å². The van der Waals surface area contributed by atoms with Crippen LogP contribution >= 0.6 is 0 Å². The lowest BCUT2D eigenvalue weighted by Gasteiger charge is -2.21. The normalized spacial score (nSPS) is 23.2. The number of halogens is 3. The van der Waals surface area contributed by atoms with E-state index in [9.17, 15) is 18.3 Å². The predicted molar refractivity (Wildman–Crippen MR) is 68.0 cm³/mol. The molecule has 0 bridgehead atoms. The van der Waals surface area contributed by atoms with Gasteiger partial charge in [0.2, 0.25) is 0 Å². The van der Waals surface area contributed by atoms with Crippen LogP contribution in [-0.2, 0) is 6.18 Å². The molecule has 0 aromatic carbocycles. The van der Waals surface area contributed by atoms with Crippen molar-refractivity contribution in [3.63, 3.8) is 0 Å². The van der Waals surface area contributed by atoms with E-state index in [0.717, 1.165) is 4.52 Å². The predicted octanol–water partition coefficient (Wildman–Crippen LogP) is 1.41. The zero-order chi connectivity index (χ0) is 15.4. The van der Waals surface area contributed by atoms with Gasteiger partial charge in [-0.2, -0.15) is 22.7 Å². The SMILES string of the molecule is Cc1cc(N2CCC(C)(O)C2)n2nc(C(F)(F)F)nc2n1. The fourth-order valence-electron chi connectivity index (χ4n) is 2.45. The number of rotatable bonds is 1. The van der Waals surface area contributed by atoms with Gasteiger partial charge in [0, 0.05) is 24.8 Å². The van der Waals surface area contributed by atoms with Crippen molar-refractivity contribution in [2.45, 2.75) is 32.0 Å². The average Bonchev–Trinajstić information content (AvgIpc) is 2.90. The van der Waals surface area contributed by atoms with Crippen LogP contribution in [-0.4, -0.2) is 43.4 Å². The van der Waals surface area contributed by atoms with Gasteiger partial charge in [-0.15, -0.1) is 5.10 Å².